The molecular formula is C13H15ClN4O. The van der Waals surface area contributed by atoms with Gasteiger partial charge in [0.1, 0.15) is 5.52 Å². The van der Waals surface area contributed by atoms with Crippen molar-refractivity contribution in [3.8, 4) is 0 Å². The molecule has 3 rings (SSSR count). The van der Waals surface area contributed by atoms with E-state index in [1.165, 1.54) is 0 Å². The predicted molar refractivity (Wildman–Crippen MR) is 76.9 cm³/mol. The number of H-pyrrole nitrogens is 1. The molecule has 0 spiro atoms. The van der Waals surface area contributed by atoms with Crippen molar-refractivity contribution in [2.24, 2.45) is 0 Å². The lowest BCUT2D eigenvalue weighted by Gasteiger charge is -2.01. The lowest BCUT2D eigenvalue weighted by Crippen LogP contribution is -1.99. The van der Waals surface area contributed by atoms with Crippen molar-refractivity contribution in [2.75, 3.05) is 11.9 Å². The van der Waals surface area contributed by atoms with Crippen LogP contribution in [0.2, 0.25) is 5.02 Å². The Morgan fingerprint density at radius 3 is 2.89 bits per heavy atom. The highest BCUT2D eigenvalue weighted by Crippen LogP contribution is 2.35. The van der Waals surface area contributed by atoms with E-state index in [0.717, 1.165) is 40.9 Å². The number of hydrogen-bond acceptors (Lipinski definition) is 4. The molecule has 0 bridgehead atoms. The molecule has 0 aliphatic heterocycles. The molecule has 0 aromatic carbocycles. The summed E-state index contributed by atoms with van der Waals surface area (Å²) in [6.45, 7) is 6.79. The molecule has 3 aromatic heterocycles. The van der Waals surface area contributed by atoms with Crippen molar-refractivity contribution >= 4 is 39.6 Å². The first-order valence-corrected chi connectivity index (χ1v) is 6.68. The predicted octanol–water partition coefficient (Wildman–Crippen LogP) is 3.80. The van der Waals surface area contributed by atoms with E-state index < -0.39 is 0 Å². The van der Waals surface area contributed by atoms with Gasteiger partial charge in [0, 0.05) is 6.54 Å². The average Bonchev–Trinajstić information content (AvgIpc) is 2.92. The number of fused-ring (bicyclic) bond motifs is 3. The van der Waals surface area contributed by atoms with Crippen molar-refractivity contribution in [1.82, 2.24) is 15.2 Å². The largest absolute Gasteiger partial charge is 0.432 e. The second-order valence-corrected chi connectivity index (χ2v) is 5.00. The van der Waals surface area contributed by atoms with Crippen LogP contribution in [0.5, 0.6) is 0 Å². The molecule has 0 aliphatic rings. The third-order valence-electron chi connectivity index (χ3n) is 3.22. The van der Waals surface area contributed by atoms with E-state index in [9.17, 15) is 0 Å². The number of pyridine rings is 1. The van der Waals surface area contributed by atoms with Crippen LogP contribution >= 0.6 is 11.6 Å². The van der Waals surface area contributed by atoms with Gasteiger partial charge in [-0.25, -0.2) is 4.98 Å². The summed E-state index contributed by atoms with van der Waals surface area (Å²) < 4.78 is 5.81. The van der Waals surface area contributed by atoms with Gasteiger partial charge in [-0.3, -0.25) is 5.10 Å². The summed E-state index contributed by atoms with van der Waals surface area (Å²) in [5.41, 5.74) is 3.90. The number of anilines is 1. The van der Waals surface area contributed by atoms with Crippen LogP contribution in [0.3, 0.4) is 0 Å². The van der Waals surface area contributed by atoms with Crippen LogP contribution in [0.25, 0.3) is 22.2 Å². The Hall–Kier alpha value is -1.75. The topological polar surface area (TPSA) is 66.7 Å². The zero-order valence-corrected chi connectivity index (χ0v) is 11.9. The molecule has 3 heterocycles. The average molecular weight is 279 g/mol. The van der Waals surface area contributed by atoms with Gasteiger partial charge in [0.15, 0.2) is 11.4 Å². The second kappa shape index (κ2) is 4.42. The van der Waals surface area contributed by atoms with Gasteiger partial charge < -0.3 is 9.73 Å². The van der Waals surface area contributed by atoms with E-state index in [4.69, 9.17) is 16.0 Å². The number of nitrogens with zero attached hydrogens (tertiary/aromatic N) is 2. The molecule has 0 saturated heterocycles. The normalized spacial score (nSPS) is 11.6. The van der Waals surface area contributed by atoms with Gasteiger partial charge in [-0.05, 0) is 25.8 Å². The quantitative estimate of drug-likeness (QED) is 0.765. The van der Waals surface area contributed by atoms with Crippen molar-refractivity contribution in [1.29, 1.82) is 0 Å². The van der Waals surface area contributed by atoms with Crippen molar-refractivity contribution in [2.45, 2.75) is 27.2 Å². The van der Waals surface area contributed by atoms with Gasteiger partial charge in [-0.1, -0.05) is 18.5 Å². The number of furan rings is 1. The second-order valence-electron chi connectivity index (χ2n) is 4.62. The zero-order chi connectivity index (χ0) is 13.6. The summed E-state index contributed by atoms with van der Waals surface area (Å²) >= 11 is 6.25. The number of halogens is 1. The summed E-state index contributed by atoms with van der Waals surface area (Å²) in [6, 6.07) is 0. The van der Waals surface area contributed by atoms with Crippen LogP contribution in [-0.2, 0) is 0 Å². The van der Waals surface area contributed by atoms with E-state index in [1.807, 2.05) is 13.8 Å². The molecule has 5 nitrogen and oxygen atoms in total. The van der Waals surface area contributed by atoms with Gasteiger partial charge in [-0.15, -0.1) is 0 Å². The fraction of sp³-hybridized carbons (Fsp3) is 0.385. The molecule has 19 heavy (non-hydrogen) atoms. The molecule has 2 N–H and O–H groups in total. The number of aryl methyl sites for hydroxylation is 2. The standard InChI is InChI=1S/C13H15ClN4O/c1-4-5-15-12-11-10(17-18-12)8-6(2)9(14)7(3)16-13(8)19-11/h4-5H2,1-3H3,(H2,15,17,18). The molecular weight excluding hydrogens is 264 g/mol. The lowest BCUT2D eigenvalue weighted by molar-refractivity contribution is 0.652. The van der Waals surface area contributed by atoms with Crippen LogP contribution < -0.4 is 5.32 Å². The monoisotopic (exact) mass is 278 g/mol. The Bertz CT molecular complexity index is 759. The Balaban J connectivity index is 2.28. The molecule has 6 heteroatoms. The molecule has 100 valence electrons. The van der Waals surface area contributed by atoms with Crippen LogP contribution in [0.15, 0.2) is 4.42 Å². The minimum atomic E-state index is 0.600. The van der Waals surface area contributed by atoms with E-state index >= 15 is 0 Å². The van der Waals surface area contributed by atoms with Crippen LogP contribution in [0, 0.1) is 13.8 Å². The van der Waals surface area contributed by atoms with Crippen LogP contribution in [-0.4, -0.2) is 21.7 Å². The maximum absolute atomic E-state index is 6.25. The SMILES string of the molecule is CCCNc1n[nH]c2c1oc1nc(C)c(Cl)c(C)c12. The van der Waals surface area contributed by atoms with Gasteiger partial charge in [-0.2, -0.15) is 5.10 Å². The summed E-state index contributed by atoms with van der Waals surface area (Å²) in [7, 11) is 0. The van der Waals surface area contributed by atoms with Crippen LogP contribution in [0.1, 0.15) is 24.6 Å². The summed E-state index contributed by atoms with van der Waals surface area (Å²) in [4.78, 5) is 4.39. The highest BCUT2D eigenvalue weighted by atomic mass is 35.5. The van der Waals surface area contributed by atoms with Gasteiger partial charge in [0.05, 0.1) is 16.1 Å². The van der Waals surface area contributed by atoms with E-state index in [2.05, 4.69) is 27.4 Å². The molecule has 0 unspecified atom stereocenters. The summed E-state index contributed by atoms with van der Waals surface area (Å²) in [5, 5.41) is 12.0. The Morgan fingerprint density at radius 2 is 2.16 bits per heavy atom. The smallest absolute Gasteiger partial charge is 0.229 e. The Kier molecular flexibility index (Phi) is 2.86. The fourth-order valence-corrected chi connectivity index (χ4v) is 2.36. The highest BCUT2D eigenvalue weighted by molar-refractivity contribution is 6.33. The number of aromatic amines is 1. The molecule has 0 atom stereocenters. The minimum Gasteiger partial charge on any atom is -0.432 e. The van der Waals surface area contributed by atoms with Crippen molar-refractivity contribution in [3.63, 3.8) is 0 Å². The first kappa shape index (κ1) is 12.3. The first-order valence-electron chi connectivity index (χ1n) is 6.30. The maximum atomic E-state index is 6.25. The third kappa shape index (κ3) is 1.76. The number of hydrogen-bond donors (Lipinski definition) is 2. The zero-order valence-electron chi connectivity index (χ0n) is 11.1. The van der Waals surface area contributed by atoms with Crippen molar-refractivity contribution < 1.29 is 4.42 Å². The third-order valence-corrected chi connectivity index (χ3v) is 3.77. The van der Waals surface area contributed by atoms with Gasteiger partial charge >= 0.3 is 0 Å². The maximum Gasteiger partial charge on any atom is 0.229 e. The Morgan fingerprint density at radius 1 is 1.37 bits per heavy atom. The highest BCUT2D eigenvalue weighted by Gasteiger charge is 2.19. The lowest BCUT2D eigenvalue weighted by atomic mass is 10.1. The molecule has 0 fully saturated rings. The minimum absolute atomic E-state index is 0.600. The first-order chi connectivity index (χ1) is 9.13. The Labute approximate surface area is 115 Å². The van der Waals surface area contributed by atoms with E-state index in [1.54, 1.807) is 0 Å². The summed E-state index contributed by atoms with van der Waals surface area (Å²) in [5.74, 6) is 0.725. The molecule has 0 amide bonds. The van der Waals surface area contributed by atoms with Crippen LogP contribution in [0.4, 0.5) is 5.82 Å². The van der Waals surface area contributed by atoms with Gasteiger partial charge in [0.2, 0.25) is 5.71 Å². The molecule has 3 aromatic rings. The summed E-state index contributed by atoms with van der Waals surface area (Å²) in [6.07, 6.45) is 1.02. The van der Waals surface area contributed by atoms with E-state index in [-0.39, 0.29) is 0 Å². The van der Waals surface area contributed by atoms with Crippen molar-refractivity contribution in [3.05, 3.63) is 16.3 Å². The van der Waals surface area contributed by atoms with Gasteiger partial charge in [0.25, 0.3) is 0 Å². The molecule has 0 aliphatic carbocycles. The fourth-order valence-electron chi connectivity index (χ4n) is 2.23. The number of aromatic nitrogens is 3. The molecule has 0 radical (unpaired) electrons. The number of rotatable bonds is 3. The number of nitrogens with one attached hydrogen (secondary N) is 2. The molecule has 0 saturated carbocycles. The van der Waals surface area contributed by atoms with E-state index in [0.29, 0.717) is 16.3 Å².